The summed E-state index contributed by atoms with van der Waals surface area (Å²) in [7, 11) is 0. The smallest absolute Gasteiger partial charge is 0.264 e. The maximum absolute atomic E-state index is 13.6. The Morgan fingerprint density at radius 3 is 2.59 bits per heavy atom. The SMILES string of the molecule is Cc1c(C(=O)N2CCc3ccccc3C2)sc2ncnc(N3CCC(N4CCOCC4)CC3)c12. The van der Waals surface area contributed by atoms with Crippen LogP contribution in [-0.2, 0) is 17.7 Å². The molecule has 3 aromatic rings. The molecule has 3 aliphatic rings. The topological polar surface area (TPSA) is 61.8 Å². The van der Waals surface area contributed by atoms with Crippen molar-refractivity contribution in [2.24, 2.45) is 0 Å². The second kappa shape index (κ2) is 9.24. The van der Waals surface area contributed by atoms with E-state index in [2.05, 4.69) is 46.0 Å². The number of benzene rings is 1. The van der Waals surface area contributed by atoms with Crippen molar-refractivity contribution in [3.63, 3.8) is 0 Å². The highest BCUT2D eigenvalue weighted by Gasteiger charge is 2.30. The van der Waals surface area contributed by atoms with Gasteiger partial charge in [0.05, 0.1) is 23.5 Å². The fourth-order valence-corrected chi connectivity index (χ4v) is 6.81. The number of amides is 1. The second-order valence-electron chi connectivity index (χ2n) is 9.55. The molecule has 1 amide bonds. The van der Waals surface area contributed by atoms with E-state index < -0.39 is 0 Å². The highest BCUT2D eigenvalue weighted by molar-refractivity contribution is 7.20. The van der Waals surface area contributed by atoms with Crippen LogP contribution in [0, 0.1) is 6.92 Å². The van der Waals surface area contributed by atoms with Gasteiger partial charge < -0.3 is 14.5 Å². The Bertz CT molecular complexity index is 1200. The highest BCUT2D eigenvalue weighted by atomic mass is 32.1. The van der Waals surface area contributed by atoms with Gasteiger partial charge in [0.1, 0.15) is 17.0 Å². The number of hydrogen-bond acceptors (Lipinski definition) is 7. The van der Waals surface area contributed by atoms with Crippen molar-refractivity contribution < 1.29 is 9.53 Å². The lowest BCUT2D eigenvalue weighted by Crippen LogP contribution is -2.49. The molecule has 34 heavy (non-hydrogen) atoms. The van der Waals surface area contributed by atoms with Crippen LogP contribution in [-0.4, -0.2) is 77.7 Å². The van der Waals surface area contributed by atoms with Gasteiger partial charge in [-0.2, -0.15) is 0 Å². The minimum atomic E-state index is 0.118. The summed E-state index contributed by atoms with van der Waals surface area (Å²) in [5.41, 5.74) is 3.63. The number of carbonyl (C=O) groups is 1. The summed E-state index contributed by atoms with van der Waals surface area (Å²) in [6, 6.07) is 9.07. The summed E-state index contributed by atoms with van der Waals surface area (Å²) < 4.78 is 5.53. The predicted octanol–water partition coefficient (Wildman–Crippen LogP) is 3.50. The number of carbonyl (C=O) groups excluding carboxylic acids is 1. The minimum Gasteiger partial charge on any atom is -0.379 e. The van der Waals surface area contributed by atoms with Crippen molar-refractivity contribution in [3.8, 4) is 0 Å². The number of fused-ring (bicyclic) bond motifs is 2. The first kappa shape index (κ1) is 21.9. The molecule has 1 aromatic carbocycles. The molecule has 6 rings (SSSR count). The molecule has 0 saturated carbocycles. The third kappa shape index (κ3) is 3.97. The molecule has 0 radical (unpaired) electrons. The number of aromatic nitrogens is 2. The van der Waals surface area contributed by atoms with Crippen LogP contribution in [0.1, 0.15) is 39.2 Å². The maximum Gasteiger partial charge on any atom is 0.264 e. The lowest BCUT2D eigenvalue weighted by molar-refractivity contribution is 0.0115. The zero-order chi connectivity index (χ0) is 23.1. The first-order valence-corrected chi connectivity index (χ1v) is 13.2. The number of hydrogen-bond donors (Lipinski definition) is 0. The van der Waals surface area contributed by atoms with Gasteiger partial charge in [0, 0.05) is 45.3 Å². The third-order valence-electron chi connectivity index (χ3n) is 7.65. The lowest BCUT2D eigenvalue weighted by atomic mass is 9.99. The fraction of sp³-hybridized carbons (Fsp3) is 0.500. The Balaban J connectivity index is 1.23. The Morgan fingerprint density at radius 2 is 1.79 bits per heavy atom. The molecule has 0 aliphatic carbocycles. The Hall–Kier alpha value is -2.55. The molecule has 0 atom stereocenters. The quantitative estimate of drug-likeness (QED) is 0.576. The lowest BCUT2D eigenvalue weighted by Gasteiger charge is -2.40. The van der Waals surface area contributed by atoms with Gasteiger partial charge in [0.2, 0.25) is 0 Å². The van der Waals surface area contributed by atoms with Crippen molar-refractivity contribution in [2.75, 3.05) is 50.8 Å². The zero-order valence-corrected chi connectivity index (χ0v) is 20.5. The molecule has 0 bridgehead atoms. The summed E-state index contributed by atoms with van der Waals surface area (Å²) in [6.07, 6.45) is 4.84. The molecular formula is C26H31N5O2S. The van der Waals surface area contributed by atoms with Crippen LogP contribution < -0.4 is 4.90 Å². The Kier molecular flexibility index (Phi) is 5.97. The summed E-state index contributed by atoms with van der Waals surface area (Å²) in [5, 5.41) is 1.05. The van der Waals surface area contributed by atoms with E-state index in [1.54, 1.807) is 6.33 Å². The van der Waals surface area contributed by atoms with Crippen LogP contribution in [0.15, 0.2) is 30.6 Å². The number of anilines is 1. The molecule has 0 unspecified atom stereocenters. The monoisotopic (exact) mass is 477 g/mol. The van der Waals surface area contributed by atoms with E-state index in [0.29, 0.717) is 12.6 Å². The Morgan fingerprint density at radius 1 is 1.03 bits per heavy atom. The summed E-state index contributed by atoms with van der Waals surface area (Å²) in [5.74, 6) is 1.11. The van der Waals surface area contributed by atoms with Crippen LogP contribution in [0.25, 0.3) is 10.2 Å². The summed E-state index contributed by atoms with van der Waals surface area (Å²) in [6.45, 7) is 9.24. The van der Waals surface area contributed by atoms with Gasteiger partial charge in [-0.3, -0.25) is 9.69 Å². The molecule has 5 heterocycles. The predicted molar refractivity (Wildman–Crippen MR) is 135 cm³/mol. The van der Waals surface area contributed by atoms with Gasteiger partial charge in [0.25, 0.3) is 5.91 Å². The molecule has 3 aliphatic heterocycles. The molecule has 2 saturated heterocycles. The third-order valence-corrected chi connectivity index (χ3v) is 8.83. The maximum atomic E-state index is 13.6. The molecule has 8 heteroatoms. The average molecular weight is 478 g/mol. The van der Waals surface area contributed by atoms with Crippen LogP contribution >= 0.6 is 11.3 Å². The Labute approximate surface area is 204 Å². The molecule has 178 valence electrons. The molecular weight excluding hydrogens is 446 g/mol. The first-order valence-electron chi connectivity index (χ1n) is 12.4. The van der Waals surface area contributed by atoms with Crippen LogP contribution in [0.2, 0.25) is 0 Å². The molecule has 0 spiro atoms. The molecule has 2 aromatic heterocycles. The number of nitrogens with zero attached hydrogens (tertiary/aromatic N) is 5. The van der Waals surface area contributed by atoms with Gasteiger partial charge in [-0.05, 0) is 42.9 Å². The molecule has 0 N–H and O–H groups in total. The van der Waals surface area contributed by atoms with E-state index in [1.165, 1.54) is 22.5 Å². The number of rotatable bonds is 3. The van der Waals surface area contributed by atoms with E-state index in [4.69, 9.17) is 9.72 Å². The van der Waals surface area contributed by atoms with Crippen molar-refractivity contribution >= 4 is 33.3 Å². The number of piperidine rings is 1. The van der Waals surface area contributed by atoms with Gasteiger partial charge in [0.15, 0.2) is 0 Å². The van der Waals surface area contributed by atoms with Gasteiger partial charge >= 0.3 is 0 Å². The average Bonchev–Trinajstić information content (AvgIpc) is 3.25. The van der Waals surface area contributed by atoms with E-state index in [-0.39, 0.29) is 5.91 Å². The number of thiophene rings is 1. The summed E-state index contributed by atoms with van der Waals surface area (Å²) >= 11 is 1.52. The second-order valence-corrected chi connectivity index (χ2v) is 10.5. The first-order chi connectivity index (χ1) is 16.7. The number of morpholine rings is 1. The minimum absolute atomic E-state index is 0.118. The van der Waals surface area contributed by atoms with E-state index in [1.807, 2.05) is 4.90 Å². The van der Waals surface area contributed by atoms with Crippen molar-refractivity contribution in [1.29, 1.82) is 0 Å². The summed E-state index contributed by atoms with van der Waals surface area (Å²) in [4.78, 5) is 31.5. The van der Waals surface area contributed by atoms with Crippen LogP contribution in [0.3, 0.4) is 0 Å². The normalized spacial score (nSPS) is 20.0. The fourth-order valence-electron chi connectivity index (χ4n) is 5.69. The number of aryl methyl sites for hydroxylation is 1. The largest absolute Gasteiger partial charge is 0.379 e. The number of ether oxygens (including phenoxy) is 1. The van der Waals surface area contributed by atoms with Gasteiger partial charge in [-0.25, -0.2) is 9.97 Å². The van der Waals surface area contributed by atoms with Gasteiger partial charge in [-0.1, -0.05) is 24.3 Å². The van der Waals surface area contributed by atoms with Gasteiger partial charge in [-0.15, -0.1) is 11.3 Å². The van der Waals surface area contributed by atoms with Crippen LogP contribution in [0.4, 0.5) is 5.82 Å². The van der Waals surface area contributed by atoms with E-state index >= 15 is 0 Å². The standard InChI is InChI=1S/C26H31N5O2S/c1-18-22-24(30-10-7-21(8-11-30)29-12-14-33-15-13-29)27-17-28-25(22)34-23(18)26(32)31-9-6-19-4-2-3-5-20(19)16-31/h2-5,17,21H,6-16H2,1H3. The van der Waals surface area contributed by atoms with Crippen LogP contribution in [0.5, 0.6) is 0 Å². The zero-order valence-electron chi connectivity index (χ0n) is 19.7. The van der Waals surface area contributed by atoms with Crippen molar-refractivity contribution in [3.05, 3.63) is 52.2 Å². The van der Waals surface area contributed by atoms with E-state index in [0.717, 1.165) is 91.7 Å². The van der Waals surface area contributed by atoms with E-state index in [9.17, 15) is 4.79 Å². The van der Waals surface area contributed by atoms with Crippen molar-refractivity contribution in [2.45, 2.75) is 38.8 Å². The molecule has 2 fully saturated rings. The highest BCUT2D eigenvalue weighted by Crippen LogP contribution is 2.37. The van der Waals surface area contributed by atoms with Crippen molar-refractivity contribution in [1.82, 2.24) is 19.8 Å². The molecule has 7 nitrogen and oxygen atoms in total.